The fourth-order valence-corrected chi connectivity index (χ4v) is 5.11. The molecule has 2 aromatic carbocycles. The van der Waals surface area contributed by atoms with Gasteiger partial charge < -0.3 is 9.15 Å². The second kappa shape index (κ2) is 8.83. The van der Waals surface area contributed by atoms with E-state index in [4.69, 9.17) is 9.15 Å². The van der Waals surface area contributed by atoms with Gasteiger partial charge in [0.25, 0.3) is 5.91 Å². The highest BCUT2D eigenvalue weighted by Crippen LogP contribution is 2.32. The average molecular weight is 461 g/mol. The summed E-state index contributed by atoms with van der Waals surface area (Å²) in [5.41, 5.74) is 4.00. The lowest BCUT2D eigenvalue weighted by atomic mass is 10.0. The van der Waals surface area contributed by atoms with Crippen molar-refractivity contribution in [3.05, 3.63) is 74.4 Å². The maximum atomic E-state index is 13.4. The van der Waals surface area contributed by atoms with E-state index in [2.05, 4.69) is 10.3 Å². The molecule has 0 radical (unpaired) electrons. The number of carbonyl (C=O) groups is 1. The van der Waals surface area contributed by atoms with Crippen molar-refractivity contribution >= 4 is 33.3 Å². The van der Waals surface area contributed by atoms with E-state index < -0.39 is 0 Å². The molecule has 2 heterocycles. The third kappa shape index (κ3) is 4.28. The van der Waals surface area contributed by atoms with Crippen LogP contribution in [0.25, 0.3) is 22.3 Å². The second-order valence-corrected chi connectivity index (χ2v) is 9.40. The molecular formula is C26H24N2O4S. The smallest absolute Gasteiger partial charge is 0.264 e. The van der Waals surface area contributed by atoms with Gasteiger partial charge in [0, 0.05) is 10.4 Å². The molecule has 33 heavy (non-hydrogen) atoms. The van der Waals surface area contributed by atoms with E-state index in [1.807, 2.05) is 50.2 Å². The highest BCUT2D eigenvalue weighted by atomic mass is 32.1. The molecule has 7 heteroatoms. The Kier molecular flexibility index (Phi) is 5.72. The van der Waals surface area contributed by atoms with Gasteiger partial charge in [0.05, 0.1) is 11.1 Å². The molecule has 1 aliphatic rings. The summed E-state index contributed by atoms with van der Waals surface area (Å²) in [6.07, 6.45) is 4.25. The molecule has 0 fully saturated rings. The van der Waals surface area contributed by atoms with Crippen molar-refractivity contribution in [1.82, 2.24) is 4.98 Å². The number of aromatic nitrogens is 1. The molecule has 1 amide bonds. The molecule has 2 aromatic heterocycles. The average Bonchev–Trinajstić information content (AvgIpc) is 3.22. The van der Waals surface area contributed by atoms with Gasteiger partial charge >= 0.3 is 0 Å². The van der Waals surface area contributed by atoms with E-state index in [0.717, 1.165) is 42.5 Å². The van der Waals surface area contributed by atoms with Crippen LogP contribution in [0.3, 0.4) is 0 Å². The maximum absolute atomic E-state index is 13.4. The number of benzene rings is 2. The first-order chi connectivity index (χ1) is 16.0. The second-order valence-electron chi connectivity index (χ2n) is 8.32. The fourth-order valence-electron chi connectivity index (χ4n) is 4.04. The fraction of sp³-hybridized carbons (Fsp3) is 0.269. The minimum Gasteiger partial charge on any atom is -0.476 e. The third-order valence-electron chi connectivity index (χ3n) is 5.94. The SMILES string of the molecule is Cc1cc2oc(-c3ccccc3)c(OCC(=O)Nc3nc4c(s3)CCCC4)c(=O)c2cc1C. The molecular weight excluding hydrogens is 436 g/mol. The van der Waals surface area contributed by atoms with Gasteiger partial charge in [0.1, 0.15) is 5.58 Å². The molecule has 1 aliphatic carbocycles. The van der Waals surface area contributed by atoms with Crippen LogP contribution in [-0.4, -0.2) is 17.5 Å². The van der Waals surface area contributed by atoms with Crippen LogP contribution in [0, 0.1) is 13.8 Å². The maximum Gasteiger partial charge on any atom is 0.264 e. The van der Waals surface area contributed by atoms with Crippen molar-refractivity contribution in [2.24, 2.45) is 0 Å². The lowest BCUT2D eigenvalue weighted by Gasteiger charge is -2.12. The van der Waals surface area contributed by atoms with Crippen LogP contribution in [0.1, 0.15) is 34.5 Å². The zero-order valence-corrected chi connectivity index (χ0v) is 19.4. The van der Waals surface area contributed by atoms with Gasteiger partial charge in [0.15, 0.2) is 17.5 Å². The number of nitrogens with one attached hydrogen (secondary N) is 1. The number of ether oxygens (including phenoxy) is 1. The Hall–Kier alpha value is -3.45. The first-order valence-corrected chi connectivity index (χ1v) is 11.9. The summed E-state index contributed by atoms with van der Waals surface area (Å²) in [5, 5.41) is 3.82. The normalized spacial score (nSPS) is 13.0. The molecule has 4 aromatic rings. The number of thiazole rings is 1. The Bertz CT molecular complexity index is 1380. The molecule has 0 spiro atoms. The van der Waals surface area contributed by atoms with Crippen molar-refractivity contribution in [3.63, 3.8) is 0 Å². The van der Waals surface area contributed by atoms with Gasteiger partial charge in [-0.3, -0.25) is 14.9 Å². The minimum absolute atomic E-state index is 0.0329. The first-order valence-electron chi connectivity index (χ1n) is 11.0. The molecule has 0 saturated carbocycles. The lowest BCUT2D eigenvalue weighted by Crippen LogP contribution is -2.22. The zero-order chi connectivity index (χ0) is 22.9. The molecule has 0 atom stereocenters. The van der Waals surface area contributed by atoms with Crippen molar-refractivity contribution < 1.29 is 13.9 Å². The summed E-state index contributed by atoms with van der Waals surface area (Å²) in [6.45, 7) is 3.61. The van der Waals surface area contributed by atoms with Gasteiger partial charge in [-0.2, -0.15) is 0 Å². The predicted molar refractivity (Wildman–Crippen MR) is 130 cm³/mol. The Labute approximate surface area is 195 Å². The van der Waals surface area contributed by atoms with E-state index in [9.17, 15) is 9.59 Å². The van der Waals surface area contributed by atoms with Crippen molar-refractivity contribution in [2.75, 3.05) is 11.9 Å². The molecule has 0 bridgehead atoms. The van der Waals surface area contributed by atoms with Crippen LogP contribution in [-0.2, 0) is 17.6 Å². The van der Waals surface area contributed by atoms with E-state index in [-0.39, 0.29) is 23.7 Å². The van der Waals surface area contributed by atoms with E-state index in [1.54, 1.807) is 6.07 Å². The monoisotopic (exact) mass is 460 g/mol. The largest absolute Gasteiger partial charge is 0.476 e. The van der Waals surface area contributed by atoms with Crippen LogP contribution >= 0.6 is 11.3 Å². The quantitative estimate of drug-likeness (QED) is 0.429. The Morgan fingerprint density at radius 2 is 1.88 bits per heavy atom. The minimum atomic E-state index is -0.361. The number of anilines is 1. The summed E-state index contributed by atoms with van der Waals surface area (Å²) in [5.74, 6) is -0.0147. The lowest BCUT2D eigenvalue weighted by molar-refractivity contribution is -0.118. The zero-order valence-electron chi connectivity index (χ0n) is 18.6. The summed E-state index contributed by atoms with van der Waals surface area (Å²) in [6, 6.07) is 13.0. The molecule has 168 valence electrons. The van der Waals surface area contributed by atoms with Gasteiger partial charge in [-0.25, -0.2) is 4.98 Å². The van der Waals surface area contributed by atoms with Crippen LogP contribution in [0.15, 0.2) is 51.7 Å². The summed E-state index contributed by atoms with van der Waals surface area (Å²) in [4.78, 5) is 31.8. The van der Waals surface area contributed by atoms with E-state index >= 15 is 0 Å². The molecule has 0 unspecified atom stereocenters. The first kappa shape index (κ1) is 21.4. The van der Waals surface area contributed by atoms with Gasteiger partial charge in [-0.15, -0.1) is 11.3 Å². The molecule has 5 rings (SSSR count). The highest BCUT2D eigenvalue weighted by Gasteiger charge is 2.21. The van der Waals surface area contributed by atoms with Crippen LogP contribution in [0.5, 0.6) is 5.75 Å². The molecule has 1 N–H and O–H groups in total. The number of aryl methyl sites for hydroxylation is 4. The summed E-state index contributed by atoms with van der Waals surface area (Å²) in [7, 11) is 0. The number of rotatable bonds is 5. The number of hydrogen-bond donors (Lipinski definition) is 1. The molecule has 0 saturated heterocycles. The van der Waals surface area contributed by atoms with Crippen LogP contribution in [0.4, 0.5) is 5.13 Å². The summed E-state index contributed by atoms with van der Waals surface area (Å²) >= 11 is 1.51. The number of hydrogen-bond acceptors (Lipinski definition) is 6. The molecule has 0 aliphatic heterocycles. The van der Waals surface area contributed by atoms with E-state index in [1.165, 1.54) is 16.2 Å². The third-order valence-corrected chi connectivity index (χ3v) is 7.01. The Morgan fingerprint density at radius 1 is 1.12 bits per heavy atom. The number of nitrogens with zero attached hydrogens (tertiary/aromatic N) is 1. The van der Waals surface area contributed by atoms with Gasteiger partial charge in [0.2, 0.25) is 11.2 Å². The number of amides is 1. The van der Waals surface area contributed by atoms with Gasteiger partial charge in [-0.05, 0) is 62.8 Å². The Morgan fingerprint density at radius 3 is 2.67 bits per heavy atom. The van der Waals surface area contributed by atoms with E-state index in [0.29, 0.717) is 27.4 Å². The number of fused-ring (bicyclic) bond motifs is 2. The predicted octanol–water partition coefficient (Wildman–Crippen LogP) is 5.43. The van der Waals surface area contributed by atoms with Crippen LogP contribution in [0.2, 0.25) is 0 Å². The van der Waals surface area contributed by atoms with Crippen molar-refractivity contribution in [3.8, 4) is 17.1 Å². The Balaban J connectivity index is 1.45. The summed E-state index contributed by atoms with van der Waals surface area (Å²) < 4.78 is 11.9. The topological polar surface area (TPSA) is 81.4 Å². The highest BCUT2D eigenvalue weighted by molar-refractivity contribution is 7.15. The molecule has 6 nitrogen and oxygen atoms in total. The van der Waals surface area contributed by atoms with Gasteiger partial charge in [-0.1, -0.05) is 30.3 Å². The van der Waals surface area contributed by atoms with Crippen LogP contribution < -0.4 is 15.5 Å². The van der Waals surface area contributed by atoms with Crippen molar-refractivity contribution in [2.45, 2.75) is 39.5 Å². The number of carbonyl (C=O) groups excluding carboxylic acids is 1. The van der Waals surface area contributed by atoms with Crippen molar-refractivity contribution in [1.29, 1.82) is 0 Å². The standard InChI is InChI=1S/C26H24N2O4S/c1-15-12-18-20(13-16(15)2)32-24(17-8-4-3-5-9-17)25(23(18)30)31-14-22(29)28-26-27-19-10-6-7-11-21(19)33-26/h3-5,8-9,12-13H,6-7,10-11,14H2,1-2H3,(H,27,28,29).